The lowest BCUT2D eigenvalue weighted by atomic mass is 10.3. The molecule has 2 rings (SSSR count). The highest BCUT2D eigenvalue weighted by Gasteiger charge is 2.03. The molecule has 2 aromatic heterocycles. The van der Waals surface area contributed by atoms with Crippen LogP contribution in [0.3, 0.4) is 0 Å². The molecule has 0 fully saturated rings. The van der Waals surface area contributed by atoms with E-state index in [2.05, 4.69) is 28.4 Å². The Morgan fingerprint density at radius 2 is 2.22 bits per heavy atom. The minimum absolute atomic E-state index is 0.620. The zero-order valence-electron chi connectivity index (χ0n) is 11.0. The van der Waals surface area contributed by atoms with Crippen molar-refractivity contribution in [3.63, 3.8) is 0 Å². The van der Waals surface area contributed by atoms with Gasteiger partial charge in [-0.1, -0.05) is 0 Å². The average molecular weight is 246 g/mol. The zero-order valence-corrected chi connectivity index (χ0v) is 11.0. The topological polar surface area (TPSA) is 52.0 Å². The summed E-state index contributed by atoms with van der Waals surface area (Å²) < 4.78 is 7.02. The average Bonchev–Trinajstić information content (AvgIpc) is 2.77. The predicted octanol–water partition coefficient (Wildman–Crippen LogP) is 2.23. The van der Waals surface area contributed by atoms with Crippen molar-refractivity contribution in [3.05, 3.63) is 35.8 Å². The van der Waals surface area contributed by atoms with E-state index in [1.54, 1.807) is 13.3 Å². The highest BCUT2D eigenvalue weighted by Crippen LogP contribution is 2.12. The summed E-state index contributed by atoms with van der Waals surface area (Å²) in [5.41, 5.74) is 3.18. The van der Waals surface area contributed by atoms with Crippen LogP contribution in [-0.2, 0) is 13.1 Å². The third kappa shape index (κ3) is 2.80. The number of hydrogen-bond acceptors (Lipinski definition) is 4. The Hall–Kier alpha value is -2.04. The molecule has 5 heteroatoms. The molecule has 0 bridgehead atoms. The molecule has 0 amide bonds. The van der Waals surface area contributed by atoms with E-state index >= 15 is 0 Å². The number of hydrogen-bond donors (Lipinski definition) is 1. The molecule has 0 saturated heterocycles. The second-order valence-electron chi connectivity index (χ2n) is 4.04. The van der Waals surface area contributed by atoms with E-state index in [0.717, 1.165) is 24.5 Å². The molecule has 96 valence electrons. The Balaban J connectivity index is 2.01. The number of aryl methyl sites for hydroxylation is 2. The van der Waals surface area contributed by atoms with Crippen molar-refractivity contribution in [1.29, 1.82) is 0 Å². The lowest BCUT2D eigenvalue weighted by molar-refractivity contribution is 0.398. The van der Waals surface area contributed by atoms with Gasteiger partial charge in [-0.2, -0.15) is 5.10 Å². The van der Waals surface area contributed by atoms with Gasteiger partial charge in [0.05, 0.1) is 36.9 Å². The summed E-state index contributed by atoms with van der Waals surface area (Å²) >= 11 is 0. The molecular formula is C13H18N4O. The van der Waals surface area contributed by atoms with Crippen LogP contribution in [0.1, 0.15) is 18.3 Å². The number of aromatic nitrogens is 3. The number of nitrogens with zero attached hydrogens (tertiary/aromatic N) is 3. The van der Waals surface area contributed by atoms with Crippen LogP contribution >= 0.6 is 0 Å². The Morgan fingerprint density at radius 3 is 2.83 bits per heavy atom. The Labute approximate surface area is 107 Å². The highest BCUT2D eigenvalue weighted by molar-refractivity contribution is 5.42. The Bertz CT molecular complexity index is 504. The van der Waals surface area contributed by atoms with E-state index in [-0.39, 0.29) is 0 Å². The SMILES string of the molecule is CCn1nc(C)cc1CNc1ccc(OC)nc1. The third-order valence-electron chi connectivity index (χ3n) is 2.70. The van der Waals surface area contributed by atoms with Gasteiger partial charge in [0.15, 0.2) is 0 Å². The first-order chi connectivity index (χ1) is 8.72. The molecule has 2 heterocycles. The zero-order chi connectivity index (χ0) is 13.0. The van der Waals surface area contributed by atoms with Gasteiger partial charge in [0.1, 0.15) is 0 Å². The molecule has 0 atom stereocenters. The van der Waals surface area contributed by atoms with Gasteiger partial charge >= 0.3 is 0 Å². The van der Waals surface area contributed by atoms with Gasteiger partial charge in [-0.25, -0.2) is 4.98 Å². The van der Waals surface area contributed by atoms with E-state index in [9.17, 15) is 0 Å². The van der Waals surface area contributed by atoms with Crippen LogP contribution in [0.4, 0.5) is 5.69 Å². The summed E-state index contributed by atoms with van der Waals surface area (Å²) in [6.07, 6.45) is 1.76. The van der Waals surface area contributed by atoms with Crippen molar-refractivity contribution >= 4 is 5.69 Å². The molecule has 0 spiro atoms. The predicted molar refractivity (Wildman–Crippen MR) is 70.8 cm³/mol. The molecule has 0 aliphatic heterocycles. The monoisotopic (exact) mass is 246 g/mol. The lowest BCUT2D eigenvalue weighted by Crippen LogP contribution is -2.08. The number of methoxy groups -OCH3 is 1. The first kappa shape index (κ1) is 12.4. The highest BCUT2D eigenvalue weighted by atomic mass is 16.5. The molecule has 0 aromatic carbocycles. The van der Waals surface area contributed by atoms with Crippen LogP contribution < -0.4 is 10.1 Å². The van der Waals surface area contributed by atoms with Crippen molar-refractivity contribution in [1.82, 2.24) is 14.8 Å². The van der Waals surface area contributed by atoms with Gasteiger partial charge in [0, 0.05) is 12.6 Å². The normalized spacial score (nSPS) is 10.4. The molecule has 0 aliphatic carbocycles. The number of ether oxygens (including phenoxy) is 1. The van der Waals surface area contributed by atoms with Gasteiger partial charge in [0.2, 0.25) is 5.88 Å². The fourth-order valence-electron chi connectivity index (χ4n) is 1.81. The first-order valence-corrected chi connectivity index (χ1v) is 6.00. The summed E-state index contributed by atoms with van der Waals surface area (Å²) in [6, 6.07) is 5.88. The Kier molecular flexibility index (Phi) is 3.82. The van der Waals surface area contributed by atoms with Crippen molar-refractivity contribution in [2.45, 2.75) is 26.9 Å². The summed E-state index contributed by atoms with van der Waals surface area (Å²) in [6.45, 7) is 5.71. The summed E-state index contributed by atoms with van der Waals surface area (Å²) in [5.74, 6) is 0.620. The van der Waals surface area contributed by atoms with E-state index in [4.69, 9.17) is 4.74 Å². The quantitative estimate of drug-likeness (QED) is 0.879. The van der Waals surface area contributed by atoms with Crippen molar-refractivity contribution in [2.24, 2.45) is 0 Å². The summed E-state index contributed by atoms with van der Waals surface area (Å²) in [4.78, 5) is 4.15. The molecule has 0 saturated carbocycles. The number of nitrogens with one attached hydrogen (secondary N) is 1. The number of pyridine rings is 1. The van der Waals surface area contributed by atoms with E-state index in [1.807, 2.05) is 23.7 Å². The fraction of sp³-hybridized carbons (Fsp3) is 0.385. The molecule has 1 N–H and O–H groups in total. The van der Waals surface area contributed by atoms with Gasteiger partial charge in [-0.15, -0.1) is 0 Å². The van der Waals surface area contributed by atoms with Crippen molar-refractivity contribution in [3.8, 4) is 5.88 Å². The van der Waals surface area contributed by atoms with Gasteiger partial charge in [0.25, 0.3) is 0 Å². The fourth-order valence-corrected chi connectivity index (χ4v) is 1.81. The lowest BCUT2D eigenvalue weighted by Gasteiger charge is -2.08. The maximum Gasteiger partial charge on any atom is 0.213 e. The van der Waals surface area contributed by atoms with E-state index in [1.165, 1.54) is 5.69 Å². The molecular weight excluding hydrogens is 228 g/mol. The smallest absolute Gasteiger partial charge is 0.213 e. The maximum atomic E-state index is 5.02. The summed E-state index contributed by atoms with van der Waals surface area (Å²) in [5, 5.41) is 7.73. The number of rotatable bonds is 5. The van der Waals surface area contributed by atoms with Crippen LogP contribution in [-0.4, -0.2) is 21.9 Å². The van der Waals surface area contributed by atoms with Gasteiger partial charge < -0.3 is 10.1 Å². The Morgan fingerprint density at radius 1 is 1.39 bits per heavy atom. The van der Waals surface area contributed by atoms with Crippen molar-refractivity contribution < 1.29 is 4.74 Å². The molecule has 2 aromatic rings. The maximum absolute atomic E-state index is 5.02. The minimum atomic E-state index is 0.620. The van der Waals surface area contributed by atoms with Crippen LogP contribution in [0, 0.1) is 6.92 Å². The van der Waals surface area contributed by atoms with Gasteiger partial charge in [-0.05, 0) is 26.0 Å². The second-order valence-corrected chi connectivity index (χ2v) is 4.04. The van der Waals surface area contributed by atoms with Gasteiger partial charge in [-0.3, -0.25) is 4.68 Å². The van der Waals surface area contributed by atoms with Crippen molar-refractivity contribution in [2.75, 3.05) is 12.4 Å². The third-order valence-corrected chi connectivity index (χ3v) is 2.70. The molecule has 0 aliphatic rings. The first-order valence-electron chi connectivity index (χ1n) is 6.00. The summed E-state index contributed by atoms with van der Waals surface area (Å²) in [7, 11) is 1.61. The van der Waals surface area contributed by atoms with E-state index in [0.29, 0.717) is 5.88 Å². The van der Waals surface area contributed by atoms with Crippen LogP contribution in [0.25, 0.3) is 0 Å². The van der Waals surface area contributed by atoms with E-state index < -0.39 is 0 Å². The standard InChI is InChI=1S/C13H18N4O/c1-4-17-12(7-10(2)16-17)9-14-11-5-6-13(18-3)15-8-11/h5-8,14H,4,9H2,1-3H3. The van der Waals surface area contributed by atoms with Crippen LogP contribution in [0.2, 0.25) is 0 Å². The van der Waals surface area contributed by atoms with Crippen LogP contribution in [0.15, 0.2) is 24.4 Å². The second kappa shape index (κ2) is 5.53. The largest absolute Gasteiger partial charge is 0.481 e. The minimum Gasteiger partial charge on any atom is -0.481 e. The molecule has 5 nitrogen and oxygen atoms in total. The molecule has 0 unspecified atom stereocenters. The molecule has 0 radical (unpaired) electrons. The van der Waals surface area contributed by atoms with Crippen LogP contribution in [0.5, 0.6) is 5.88 Å². The number of anilines is 1. The molecule has 18 heavy (non-hydrogen) atoms.